The van der Waals surface area contributed by atoms with Crippen LogP contribution >= 0.6 is 0 Å². The van der Waals surface area contributed by atoms with Crippen molar-refractivity contribution in [3.05, 3.63) is 71.9 Å². The van der Waals surface area contributed by atoms with E-state index in [1.807, 2.05) is 60.8 Å². The quantitative estimate of drug-likeness (QED) is 0.375. The normalized spacial score (nSPS) is 12.2. The third-order valence-electron chi connectivity index (χ3n) is 4.84. The Balaban J connectivity index is 1.65. The molecule has 0 radical (unpaired) electrons. The zero-order valence-electron chi connectivity index (χ0n) is 17.0. The molecule has 3 N–H and O–H groups in total. The molecule has 1 unspecified atom stereocenters. The number of para-hydroxylation sites is 1. The third-order valence-corrected chi connectivity index (χ3v) is 4.84. The number of aromatic nitrogens is 1. The van der Waals surface area contributed by atoms with Crippen LogP contribution in [-0.2, 0) is 32.1 Å². The highest BCUT2D eigenvalue weighted by Gasteiger charge is 2.34. The molecule has 1 aromatic heterocycles. The Morgan fingerprint density at radius 1 is 1.10 bits per heavy atom. The van der Waals surface area contributed by atoms with Gasteiger partial charge in [0.05, 0.1) is 0 Å². The number of hydrogen-bond donors (Lipinski definition) is 3. The first-order valence-electron chi connectivity index (χ1n) is 9.68. The summed E-state index contributed by atoms with van der Waals surface area (Å²) in [7, 11) is 0. The molecule has 0 aliphatic rings. The van der Waals surface area contributed by atoms with E-state index in [0.29, 0.717) is 6.41 Å². The summed E-state index contributed by atoms with van der Waals surface area (Å²) in [5, 5.41) is 6.22. The first-order chi connectivity index (χ1) is 14.4. The van der Waals surface area contributed by atoms with Gasteiger partial charge in [0.2, 0.25) is 12.3 Å². The topological polar surface area (TPSA) is 100 Å². The molecule has 7 nitrogen and oxygen atoms in total. The lowest BCUT2D eigenvalue weighted by atomic mass is 10.0. The molecular formula is C23H25N3O4. The molecule has 3 aromatic rings. The minimum atomic E-state index is -1.26. The highest BCUT2D eigenvalue weighted by molar-refractivity contribution is 5.91. The Morgan fingerprint density at radius 2 is 1.80 bits per heavy atom. The average molecular weight is 407 g/mol. The first-order valence-corrected chi connectivity index (χ1v) is 9.68. The van der Waals surface area contributed by atoms with Gasteiger partial charge in [0, 0.05) is 23.5 Å². The average Bonchev–Trinajstić information content (AvgIpc) is 3.15. The van der Waals surface area contributed by atoms with Crippen LogP contribution in [0, 0.1) is 0 Å². The van der Waals surface area contributed by atoms with Crippen molar-refractivity contribution in [3.8, 4) is 0 Å². The van der Waals surface area contributed by atoms with Gasteiger partial charge in [0.25, 0.3) is 0 Å². The molecule has 1 heterocycles. The van der Waals surface area contributed by atoms with Crippen LogP contribution in [0.4, 0.5) is 0 Å². The number of fused-ring (bicyclic) bond motifs is 1. The molecule has 0 fully saturated rings. The molecule has 156 valence electrons. The second-order valence-electron chi connectivity index (χ2n) is 7.58. The van der Waals surface area contributed by atoms with Crippen LogP contribution in [0.15, 0.2) is 60.8 Å². The van der Waals surface area contributed by atoms with Crippen LogP contribution in [0.5, 0.6) is 0 Å². The summed E-state index contributed by atoms with van der Waals surface area (Å²) in [4.78, 5) is 39.6. The molecular weight excluding hydrogens is 382 g/mol. The highest BCUT2D eigenvalue weighted by atomic mass is 16.5. The lowest BCUT2D eigenvalue weighted by molar-refractivity contribution is -0.153. The van der Waals surface area contributed by atoms with Crippen molar-refractivity contribution in [1.29, 1.82) is 0 Å². The van der Waals surface area contributed by atoms with Gasteiger partial charge in [-0.1, -0.05) is 48.5 Å². The van der Waals surface area contributed by atoms with Crippen LogP contribution in [-0.4, -0.2) is 34.9 Å². The second kappa shape index (κ2) is 9.26. The molecule has 3 rings (SSSR count). The van der Waals surface area contributed by atoms with Crippen molar-refractivity contribution >= 4 is 29.2 Å². The van der Waals surface area contributed by atoms with E-state index in [0.717, 1.165) is 22.0 Å². The summed E-state index contributed by atoms with van der Waals surface area (Å²) in [5.74, 6) is -1.02. The Hall–Kier alpha value is -3.61. The van der Waals surface area contributed by atoms with E-state index in [4.69, 9.17) is 4.74 Å². The largest absolute Gasteiger partial charge is 0.459 e. The maximum Gasteiger partial charge on any atom is 0.331 e. The lowest BCUT2D eigenvalue weighted by Crippen LogP contribution is -2.56. The van der Waals surface area contributed by atoms with Crippen molar-refractivity contribution in [2.24, 2.45) is 0 Å². The van der Waals surface area contributed by atoms with Gasteiger partial charge in [0.1, 0.15) is 18.2 Å². The smallest absolute Gasteiger partial charge is 0.331 e. The van der Waals surface area contributed by atoms with Crippen LogP contribution in [0.1, 0.15) is 25.0 Å². The summed E-state index contributed by atoms with van der Waals surface area (Å²) in [6.07, 6.45) is 2.58. The summed E-state index contributed by atoms with van der Waals surface area (Å²) in [6, 6.07) is 16.2. The number of ether oxygens (including phenoxy) is 1. The summed E-state index contributed by atoms with van der Waals surface area (Å²) in [6.45, 7) is 3.26. The van der Waals surface area contributed by atoms with E-state index in [2.05, 4.69) is 15.6 Å². The SMILES string of the molecule is CC(C)(NC(=O)C(Cc1c[nH]c2ccccc12)NC=O)C(=O)OCc1ccccc1. The molecule has 7 heteroatoms. The van der Waals surface area contributed by atoms with Gasteiger partial charge in [-0.2, -0.15) is 0 Å². The Kier molecular flexibility index (Phi) is 6.51. The van der Waals surface area contributed by atoms with Crippen molar-refractivity contribution in [2.75, 3.05) is 0 Å². The van der Waals surface area contributed by atoms with Crippen molar-refractivity contribution in [3.63, 3.8) is 0 Å². The van der Waals surface area contributed by atoms with Gasteiger partial charge in [-0.05, 0) is 31.0 Å². The maximum absolute atomic E-state index is 12.8. The Labute approximate surface area is 174 Å². The van der Waals surface area contributed by atoms with Crippen LogP contribution in [0.2, 0.25) is 0 Å². The summed E-state index contributed by atoms with van der Waals surface area (Å²) in [5.41, 5.74) is 1.44. The molecule has 2 amide bonds. The van der Waals surface area contributed by atoms with E-state index in [9.17, 15) is 14.4 Å². The van der Waals surface area contributed by atoms with Crippen LogP contribution in [0.3, 0.4) is 0 Å². The Bertz CT molecular complexity index is 1030. The van der Waals surface area contributed by atoms with Crippen molar-refractivity contribution < 1.29 is 19.1 Å². The minimum absolute atomic E-state index is 0.115. The van der Waals surface area contributed by atoms with Crippen molar-refractivity contribution in [1.82, 2.24) is 15.6 Å². The summed E-state index contributed by atoms with van der Waals surface area (Å²) >= 11 is 0. The van der Waals surface area contributed by atoms with Crippen LogP contribution in [0.25, 0.3) is 10.9 Å². The predicted molar refractivity (Wildman–Crippen MR) is 113 cm³/mol. The number of nitrogens with one attached hydrogen (secondary N) is 3. The molecule has 0 aliphatic carbocycles. The fraction of sp³-hybridized carbons (Fsp3) is 0.261. The molecule has 0 bridgehead atoms. The van der Waals surface area contributed by atoms with E-state index in [-0.39, 0.29) is 13.0 Å². The number of esters is 1. The fourth-order valence-corrected chi connectivity index (χ4v) is 3.18. The molecule has 0 aliphatic heterocycles. The molecule has 30 heavy (non-hydrogen) atoms. The standard InChI is InChI=1S/C23H25N3O4/c1-23(2,22(29)30-14-16-8-4-3-5-9-16)26-21(28)20(25-15-27)12-17-13-24-19-11-7-6-10-18(17)19/h3-11,13,15,20,24H,12,14H2,1-2H3,(H,25,27)(H,26,28). The zero-order valence-corrected chi connectivity index (χ0v) is 17.0. The van der Waals surface area contributed by atoms with Gasteiger partial charge in [-0.15, -0.1) is 0 Å². The number of aromatic amines is 1. The number of amides is 2. The van der Waals surface area contributed by atoms with E-state index in [1.54, 1.807) is 13.8 Å². The number of carbonyl (C=O) groups excluding carboxylic acids is 3. The number of rotatable bonds is 9. The van der Waals surface area contributed by atoms with E-state index >= 15 is 0 Å². The molecule has 1 atom stereocenters. The van der Waals surface area contributed by atoms with Gasteiger partial charge in [0.15, 0.2) is 0 Å². The predicted octanol–water partition coefficient (Wildman–Crippen LogP) is 2.46. The van der Waals surface area contributed by atoms with Gasteiger partial charge in [-0.25, -0.2) is 4.79 Å². The highest BCUT2D eigenvalue weighted by Crippen LogP contribution is 2.19. The molecule has 0 spiro atoms. The number of benzene rings is 2. The monoisotopic (exact) mass is 407 g/mol. The van der Waals surface area contributed by atoms with Crippen LogP contribution < -0.4 is 10.6 Å². The van der Waals surface area contributed by atoms with E-state index in [1.165, 1.54) is 0 Å². The van der Waals surface area contributed by atoms with E-state index < -0.39 is 23.5 Å². The minimum Gasteiger partial charge on any atom is -0.459 e. The number of H-pyrrole nitrogens is 1. The number of hydrogen-bond acceptors (Lipinski definition) is 4. The molecule has 2 aromatic carbocycles. The lowest BCUT2D eigenvalue weighted by Gasteiger charge is -2.26. The second-order valence-corrected chi connectivity index (χ2v) is 7.58. The van der Waals surface area contributed by atoms with Gasteiger partial charge < -0.3 is 20.4 Å². The zero-order chi connectivity index (χ0) is 21.6. The van der Waals surface area contributed by atoms with Gasteiger partial charge in [-0.3, -0.25) is 9.59 Å². The third kappa shape index (κ3) is 5.05. The summed E-state index contributed by atoms with van der Waals surface area (Å²) < 4.78 is 5.35. The number of carbonyl (C=O) groups is 3. The fourth-order valence-electron chi connectivity index (χ4n) is 3.18. The van der Waals surface area contributed by atoms with Gasteiger partial charge >= 0.3 is 5.97 Å². The Morgan fingerprint density at radius 3 is 2.53 bits per heavy atom. The maximum atomic E-state index is 12.8. The molecule has 0 saturated heterocycles. The van der Waals surface area contributed by atoms with Crippen molar-refractivity contribution in [2.45, 2.75) is 38.5 Å². The molecule has 0 saturated carbocycles. The first kappa shape index (κ1) is 21.1.